The lowest BCUT2D eigenvalue weighted by atomic mass is 10.1. The van der Waals surface area contributed by atoms with Crippen molar-refractivity contribution in [1.82, 2.24) is 9.88 Å². The van der Waals surface area contributed by atoms with E-state index >= 15 is 0 Å². The fourth-order valence-electron chi connectivity index (χ4n) is 2.17. The normalized spacial score (nSPS) is 18.9. The molecule has 1 atom stereocenters. The summed E-state index contributed by atoms with van der Waals surface area (Å²) in [5.41, 5.74) is 6.61. The number of nitrogen functional groups attached to an aromatic ring is 1. The summed E-state index contributed by atoms with van der Waals surface area (Å²) in [5, 5.41) is 0.104. The predicted octanol–water partition coefficient (Wildman–Crippen LogP) is 1.29. The molecule has 0 radical (unpaired) electrons. The van der Waals surface area contributed by atoms with Gasteiger partial charge in [0.1, 0.15) is 5.82 Å². The number of hydrogen-bond donors (Lipinski definition) is 1. The quantitative estimate of drug-likeness (QED) is 0.898. The van der Waals surface area contributed by atoms with Crippen LogP contribution < -0.4 is 5.73 Å². The van der Waals surface area contributed by atoms with E-state index in [9.17, 15) is 9.59 Å². The zero-order valence-electron chi connectivity index (χ0n) is 10.8. The molecule has 1 aromatic rings. The highest BCUT2D eigenvalue weighted by molar-refractivity contribution is 8.13. The Balaban J connectivity index is 1.91. The lowest BCUT2D eigenvalue weighted by molar-refractivity contribution is -0.128. The topological polar surface area (TPSA) is 76.3 Å². The van der Waals surface area contributed by atoms with E-state index in [2.05, 4.69) is 4.98 Å². The van der Waals surface area contributed by atoms with E-state index < -0.39 is 0 Å². The van der Waals surface area contributed by atoms with Crippen LogP contribution >= 0.6 is 11.8 Å². The molecule has 102 valence electrons. The molecule has 1 saturated heterocycles. The van der Waals surface area contributed by atoms with E-state index in [0.717, 1.165) is 11.3 Å². The van der Waals surface area contributed by atoms with Gasteiger partial charge in [0.15, 0.2) is 5.12 Å². The Morgan fingerprint density at radius 3 is 3.11 bits per heavy atom. The molecule has 1 aliphatic rings. The smallest absolute Gasteiger partial charge is 0.223 e. The van der Waals surface area contributed by atoms with Gasteiger partial charge in [0.05, 0.1) is 0 Å². The number of nitrogens with two attached hydrogens (primary N) is 1. The van der Waals surface area contributed by atoms with Crippen molar-refractivity contribution in [2.24, 2.45) is 5.92 Å². The summed E-state index contributed by atoms with van der Waals surface area (Å²) in [5.74, 6) is 1.59. The molecule has 2 heterocycles. The third kappa shape index (κ3) is 3.96. The third-order valence-corrected chi connectivity index (χ3v) is 4.08. The minimum Gasteiger partial charge on any atom is -0.384 e. The number of nitrogens with zero attached hydrogens (tertiary/aromatic N) is 2. The first kappa shape index (κ1) is 13.9. The van der Waals surface area contributed by atoms with Crippen LogP contribution in [0.25, 0.3) is 0 Å². The molecule has 1 fully saturated rings. The minimum absolute atomic E-state index is 0.104. The zero-order chi connectivity index (χ0) is 13.8. The number of aromatic nitrogens is 1. The van der Waals surface area contributed by atoms with Crippen LogP contribution in [0.1, 0.15) is 18.9 Å². The number of rotatable bonds is 4. The molecule has 5 nitrogen and oxygen atoms in total. The SMILES string of the molecule is CC(=O)SCC1CC(=O)N(Cc2ccnc(N)c2)C1. The van der Waals surface area contributed by atoms with Gasteiger partial charge in [-0.25, -0.2) is 4.98 Å². The average molecular weight is 279 g/mol. The van der Waals surface area contributed by atoms with Crippen LogP contribution in [0, 0.1) is 5.92 Å². The molecule has 2 rings (SSSR count). The Kier molecular flexibility index (Phi) is 4.42. The molecular formula is C13H17N3O2S. The molecule has 1 unspecified atom stereocenters. The molecule has 0 saturated carbocycles. The van der Waals surface area contributed by atoms with Crippen molar-refractivity contribution in [3.63, 3.8) is 0 Å². The van der Waals surface area contributed by atoms with Gasteiger partial charge < -0.3 is 10.6 Å². The first-order valence-corrected chi connectivity index (χ1v) is 7.14. The second-order valence-electron chi connectivity index (χ2n) is 4.74. The molecular weight excluding hydrogens is 262 g/mol. The summed E-state index contributed by atoms with van der Waals surface area (Å²) in [6.45, 7) is 2.83. The maximum atomic E-state index is 11.9. The maximum absolute atomic E-state index is 11.9. The highest BCUT2D eigenvalue weighted by Crippen LogP contribution is 2.23. The first-order valence-electron chi connectivity index (χ1n) is 6.16. The number of pyridine rings is 1. The summed E-state index contributed by atoms with van der Waals surface area (Å²) >= 11 is 1.29. The fraction of sp³-hybridized carbons (Fsp3) is 0.462. The molecule has 0 aliphatic carbocycles. The van der Waals surface area contributed by atoms with Gasteiger partial charge in [0.2, 0.25) is 5.91 Å². The second-order valence-corrected chi connectivity index (χ2v) is 5.93. The number of likely N-dealkylation sites (tertiary alicyclic amines) is 1. The number of hydrogen-bond acceptors (Lipinski definition) is 5. The summed E-state index contributed by atoms with van der Waals surface area (Å²) in [4.78, 5) is 28.6. The van der Waals surface area contributed by atoms with Gasteiger partial charge in [-0.1, -0.05) is 11.8 Å². The van der Waals surface area contributed by atoms with Gasteiger partial charge in [-0.15, -0.1) is 0 Å². The van der Waals surface area contributed by atoms with Crippen LogP contribution in [0.3, 0.4) is 0 Å². The predicted molar refractivity (Wildman–Crippen MR) is 75.3 cm³/mol. The number of carbonyl (C=O) groups excluding carboxylic acids is 2. The Morgan fingerprint density at radius 1 is 1.63 bits per heavy atom. The minimum atomic E-state index is 0.104. The lowest BCUT2D eigenvalue weighted by Gasteiger charge is -2.16. The molecule has 1 aliphatic heterocycles. The summed E-state index contributed by atoms with van der Waals surface area (Å²) < 4.78 is 0. The second kappa shape index (κ2) is 6.06. The zero-order valence-corrected chi connectivity index (χ0v) is 11.7. The van der Waals surface area contributed by atoms with Crippen LogP contribution in [0.15, 0.2) is 18.3 Å². The van der Waals surface area contributed by atoms with Crippen molar-refractivity contribution in [2.75, 3.05) is 18.0 Å². The third-order valence-electron chi connectivity index (χ3n) is 3.04. The number of carbonyl (C=O) groups is 2. The Morgan fingerprint density at radius 2 is 2.42 bits per heavy atom. The highest BCUT2D eigenvalue weighted by Gasteiger charge is 2.29. The molecule has 1 amide bonds. The van der Waals surface area contributed by atoms with Gasteiger partial charge in [-0.3, -0.25) is 9.59 Å². The molecule has 0 aromatic carbocycles. The monoisotopic (exact) mass is 279 g/mol. The molecule has 0 spiro atoms. The molecule has 0 bridgehead atoms. The van der Waals surface area contributed by atoms with E-state index in [1.165, 1.54) is 11.8 Å². The number of thioether (sulfide) groups is 1. The molecule has 2 N–H and O–H groups in total. The summed E-state index contributed by atoms with van der Waals surface area (Å²) in [6.07, 6.45) is 2.18. The van der Waals surface area contributed by atoms with E-state index in [1.807, 2.05) is 11.0 Å². The van der Waals surface area contributed by atoms with Crippen molar-refractivity contribution in [3.05, 3.63) is 23.9 Å². The van der Waals surface area contributed by atoms with Crippen LogP contribution in [-0.2, 0) is 16.1 Å². The molecule has 6 heteroatoms. The van der Waals surface area contributed by atoms with Crippen molar-refractivity contribution >= 4 is 28.6 Å². The fourth-order valence-corrected chi connectivity index (χ4v) is 2.86. The van der Waals surface area contributed by atoms with E-state index in [4.69, 9.17) is 5.73 Å². The van der Waals surface area contributed by atoms with Gasteiger partial charge in [-0.2, -0.15) is 0 Å². The van der Waals surface area contributed by atoms with Crippen molar-refractivity contribution in [1.29, 1.82) is 0 Å². The van der Waals surface area contributed by atoms with Gasteiger partial charge in [0, 0.05) is 38.4 Å². The first-order chi connectivity index (χ1) is 9.04. The standard InChI is InChI=1S/C13H17N3O2S/c1-9(17)19-8-11-5-13(18)16(7-11)6-10-2-3-15-12(14)4-10/h2-4,11H,5-8H2,1H3,(H2,14,15). The summed E-state index contributed by atoms with van der Waals surface area (Å²) in [7, 11) is 0. The number of anilines is 1. The Bertz CT molecular complexity index is 493. The van der Waals surface area contributed by atoms with Crippen LogP contribution in [0.5, 0.6) is 0 Å². The van der Waals surface area contributed by atoms with E-state index in [-0.39, 0.29) is 16.9 Å². The van der Waals surface area contributed by atoms with Crippen LogP contribution in [0.2, 0.25) is 0 Å². The highest BCUT2D eigenvalue weighted by atomic mass is 32.2. The Hall–Kier alpha value is -1.56. The van der Waals surface area contributed by atoms with Crippen LogP contribution in [0.4, 0.5) is 5.82 Å². The largest absolute Gasteiger partial charge is 0.384 e. The molecule has 1 aromatic heterocycles. The van der Waals surface area contributed by atoms with Gasteiger partial charge in [0.25, 0.3) is 0 Å². The summed E-state index contributed by atoms with van der Waals surface area (Å²) in [6, 6.07) is 3.65. The van der Waals surface area contributed by atoms with E-state index in [1.54, 1.807) is 19.2 Å². The van der Waals surface area contributed by atoms with Gasteiger partial charge in [-0.05, 0) is 23.6 Å². The number of amides is 1. The Labute approximate surface area is 116 Å². The molecule has 19 heavy (non-hydrogen) atoms. The maximum Gasteiger partial charge on any atom is 0.223 e. The van der Waals surface area contributed by atoms with Crippen molar-refractivity contribution < 1.29 is 9.59 Å². The van der Waals surface area contributed by atoms with Crippen molar-refractivity contribution in [2.45, 2.75) is 19.9 Å². The lowest BCUT2D eigenvalue weighted by Crippen LogP contribution is -2.24. The average Bonchev–Trinajstić information content (AvgIpc) is 2.68. The van der Waals surface area contributed by atoms with Crippen molar-refractivity contribution in [3.8, 4) is 0 Å². The van der Waals surface area contributed by atoms with Gasteiger partial charge >= 0.3 is 0 Å². The van der Waals surface area contributed by atoms with Crippen LogP contribution in [-0.4, -0.2) is 33.2 Å². The van der Waals surface area contributed by atoms with E-state index in [0.29, 0.717) is 25.3 Å².